The summed E-state index contributed by atoms with van der Waals surface area (Å²) in [5.74, 6) is -0.0804. The van der Waals surface area contributed by atoms with E-state index >= 15 is 0 Å². The van der Waals surface area contributed by atoms with Crippen molar-refractivity contribution in [1.29, 1.82) is 0 Å². The van der Waals surface area contributed by atoms with Crippen LogP contribution in [-0.2, 0) is 11.3 Å². The van der Waals surface area contributed by atoms with E-state index in [1.54, 1.807) is 24.3 Å². The van der Waals surface area contributed by atoms with Crippen molar-refractivity contribution in [2.45, 2.75) is 35.3 Å². The number of alkyl halides is 3. The third-order valence-corrected chi connectivity index (χ3v) is 6.73. The number of carbonyl (C=O) groups excluding carboxylic acids is 3. The topological polar surface area (TPSA) is 108 Å². The zero-order valence-corrected chi connectivity index (χ0v) is 19.8. The Bertz CT molecular complexity index is 1350. The number of pyridine rings is 2. The maximum absolute atomic E-state index is 13.4. The number of aromatic nitrogens is 2. The van der Waals surface area contributed by atoms with Gasteiger partial charge in [0.15, 0.2) is 0 Å². The second-order valence-corrected chi connectivity index (χ2v) is 9.55. The lowest BCUT2D eigenvalue weighted by Crippen LogP contribution is -2.36. The third-order valence-electron chi connectivity index (χ3n) is 5.99. The average Bonchev–Trinajstić information content (AvgIpc) is 3.63. The van der Waals surface area contributed by atoms with E-state index in [4.69, 9.17) is 0 Å². The molecule has 1 aliphatic heterocycles. The number of rotatable bonds is 6. The molecule has 1 aromatic carbocycles. The Kier molecular flexibility index (Phi) is 6.23. The van der Waals surface area contributed by atoms with Crippen LogP contribution in [0.1, 0.15) is 18.4 Å². The van der Waals surface area contributed by atoms with Crippen LogP contribution in [0.25, 0.3) is 0 Å². The van der Waals surface area contributed by atoms with Gasteiger partial charge in [-0.05, 0) is 72.6 Å². The highest BCUT2D eigenvalue weighted by atomic mass is 32.2. The highest BCUT2D eigenvalue weighted by Gasteiger charge is 2.65. The van der Waals surface area contributed by atoms with Crippen LogP contribution in [0.5, 0.6) is 0 Å². The second-order valence-electron chi connectivity index (χ2n) is 8.41. The number of nitrogens with one attached hydrogen (secondary N) is 2. The number of imide groups is 1. The first-order valence-corrected chi connectivity index (χ1v) is 11.9. The fourth-order valence-corrected chi connectivity index (χ4v) is 4.65. The van der Waals surface area contributed by atoms with Gasteiger partial charge in [0.2, 0.25) is 0 Å². The van der Waals surface area contributed by atoms with E-state index in [-0.39, 0.29) is 28.9 Å². The molecule has 2 fully saturated rings. The molecule has 3 aromatic rings. The summed E-state index contributed by atoms with van der Waals surface area (Å²) in [5, 5.41) is 5.29. The van der Waals surface area contributed by atoms with E-state index in [0.717, 1.165) is 4.90 Å². The Morgan fingerprint density at radius 1 is 1.03 bits per heavy atom. The minimum absolute atomic E-state index is 0.0187. The molecule has 1 saturated carbocycles. The van der Waals surface area contributed by atoms with Gasteiger partial charge in [-0.1, -0.05) is 6.07 Å². The molecule has 2 aliphatic rings. The highest BCUT2D eigenvalue weighted by Crippen LogP contribution is 2.50. The van der Waals surface area contributed by atoms with Crippen molar-refractivity contribution in [3.63, 3.8) is 0 Å². The van der Waals surface area contributed by atoms with Crippen molar-refractivity contribution in [1.82, 2.24) is 14.9 Å². The van der Waals surface area contributed by atoms with Crippen LogP contribution in [0.3, 0.4) is 0 Å². The summed E-state index contributed by atoms with van der Waals surface area (Å²) in [5.41, 5.74) is -4.37. The molecule has 5 rings (SSSR count). The molecular formula is C24H19F3N6O3S. The van der Waals surface area contributed by atoms with Gasteiger partial charge in [0, 0.05) is 17.3 Å². The predicted molar refractivity (Wildman–Crippen MR) is 130 cm³/mol. The number of hydrogen-bond donors (Lipinski definition) is 2. The van der Waals surface area contributed by atoms with Crippen LogP contribution in [-0.4, -0.2) is 43.9 Å². The number of benzene rings is 1. The number of hydrogen-bond acceptors (Lipinski definition) is 6. The lowest BCUT2D eigenvalue weighted by Gasteiger charge is -2.22. The average molecular weight is 529 g/mol. The van der Waals surface area contributed by atoms with Crippen molar-refractivity contribution in [3.05, 3.63) is 72.7 Å². The molecule has 2 aromatic heterocycles. The van der Waals surface area contributed by atoms with Gasteiger partial charge in [0.1, 0.15) is 11.4 Å². The van der Waals surface area contributed by atoms with Gasteiger partial charge >= 0.3 is 17.6 Å². The molecule has 190 valence electrons. The Hall–Kier alpha value is -4.13. The number of nitrogens with zero attached hydrogens (tertiary/aromatic N) is 4. The van der Waals surface area contributed by atoms with Crippen molar-refractivity contribution in [3.8, 4) is 0 Å². The van der Waals surface area contributed by atoms with Gasteiger partial charge in [-0.2, -0.15) is 13.2 Å². The van der Waals surface area contributed by atoms with E-state index in [1.807, 2.05) is 0 Å². The van der Waals surface area contributed by atoms with Gasteiger partial charge in [0.25, 0.3) is 5.91 Å². The lowest BCUT2D eigenvalue weighted by molar-refractivity contribution is -0.120. The minimum Gasteiger partial charge on any atom is -0.306 e. The first-order valence-electron chi connectivity index (χ1n) is 11.1. The van der Waals surface area contributed by atoms with Crippen LogP contribution < -0.4 is 15.5 Å². The Morgan fingerprint density at radius 2 is 1.78 bits per heavy atom. The monoisotopic (exact) mass is 528 g/mol. The van der Waals surface area contributed by atoms with Crippen LogP contribution in [0.2, 0.25) is 0 Å². The number of carbonyl (C=O) groups is 3. The van der Waals surface area contributed by atoms with Crippen LogP contribution in [0, 0.1) is 0 Å². The second kappa shape index (κ2) is 9.39. The lowest BCUT2D eigenvalue weighted by atomic mass is 10.1. The quantitative estimate of drug-likeness (QED) is 0.335. The van der Waals surface area contributed by atoms with Gasteiger partial charge in [-0.15, -0.1) is 0 Å². The molecule has 0 atom stereocenters. The normalized spacial score (nSPS) is 16.3. The molecule has 37 heavy (non-hydrogen) atoms. The van der Waals surface area contributed by atoms with Crippen molar-refractivity contribution >= 4 is 46.9 Å². The number of urea groups is 2. The number of halogens is 3. The summed E-state index contributed by atoms with van der Waals surface area (Å²) >= 11 is -0.273. The fraction of sp³-hybridized carbons (Fsp3) is 0.208. The van der Waals surface area contributed by atoms with E-state index in [9.17, 15) is 27.6 Å². The molecule has 0 unspecified atom stereocenters. The zero-order chi connectivity index (χ0) is 26.2. The summed E-state index contributed by atoms with van der Waals surface area (Å²) in [6.07, 6.45) is 5.40. The fourth-order valence-electron chi connectivity index (χ4n) is 4.11. The van der Waals surface area contributed by atoms with Crippen molar-refractivity contribution < 1.29 is 27.6 Å². The Balaban J connectivity index is 1.34. The van der Waals surface area contributed by atoms with Crippen LogP contribution in [0.15, 0.2) is 72.0 Å². The largest absolute Gasteiger partial charge is 0.446 e. The van der Waals surface area contributed by atoms with Crippen LogP contribution in [0.4, 0.5) is 40.0 Å². The van der Waals surface area contributed by atoms with Crippen LogP contribution >= 0.6 is 11.8 Å². The van der Waals surface area contributed by atoms with Crippen molar-refractivity contribution in [2.75, 3.05) is 15.5 Å². The van der Waals surface area contributed by atoms with E-state index < -0.39 is 29.0 Å². The Labute approximate surface area is 213 Å². The number of anilines is 3. The molecule has 0 bridgehead atoms. The first kappa shape index (κ1) is 24.6. The molecule has 3 heterocycles. The van der Waals surface area contributed by atoms with Gasteiger partial charge in [-0.3, -0.25) is 15.1 Å². The SMILES string of the molecule is O=C(Nc1ccccn1)Nc1cnccc1CN1C(=O)N(c2ccc(SC(F)(F)F)cc2)C(=O)C12CC2. The minimum atomic E-state index is -4.44. The van der Waals surface area contributed by atoms with E-state index in [1.165, 1.54) is 47.8 Å². The van der Waals surface area contributed by atoms with E-state index in [2.05, 4.69) is 20.6 Å². The summed E-state index contributed by atoms with van der Waals surface area (Å²) in [6, 6.07) is 10.6. The molecular weight excluding hydrogens is 509 g/mol. The summed E-state index contributed by atoms with van der Waals surface area (Å²) < 4.78 is 38.0. The van der Waals surface area contributed by atoms with Gasteiger partial charge < -0.3 is 10.2 Å². The molecule has 2 N–H and O–H groups in total. The highest BCUT2D eigenvalue weighted by molar-refractivity contribution is 8.00. The summed E-state index contributed by atoms with van der Waals surface area (Å²) in [6.45, 7) is 0.0187. The number of thioether (sulfide) groups is 1. The van der Waals surface area contributed by atoms with Gasteiger partial charge in [-0.25, -0.2) is 19.5 Å². The molecule has 13 heteroatoms. The molecule has 1 spiro atoms. The summed E-state index contributed by atoms with van der Waals surface area (Å²) in [7, 11) is 0. The molecule has 5 amide bonds. The zero-order valence-electron chi connectivity index (χ0n) is 19.0. The first-order chi connectivity index (χ1) is 17.7. The smallest absolute Gasteiger partial charge is 0.306 e. The van der Waals surface area contributed by atoms with Crippen molar-refractivity contribution in [2.24, 2.45) is 0 Å². The van der Waals surface area contributed by atoms with Gasteiger partial charge in [0.05, 0.1) is 24.1 Å². The molecule has 0 radical (unpaired) electrons. The van der Waals surface area contributed by atoms with E-state index in [0.29, 0.717) is 29.9 Å². The molecule has 1 aliphatic carbocycles. The maximum Gasteiger partial charge on any atom is 0.446 e. The number of amides is 5. The Morgan fingerprint density at radius 3 is 2.43 bits per heavy atom. The standard InChI is InChI=1S/C24H19F3N6O3S/c25-24(26,27)37-17-6-4-16(5-7-17)33-20(34)23(9-10-23)32(22(33)36)14-15-8-12-28-13-18(15)30-21(35)31-19-3-1-2-11-29-19/h1-8,11-13H,9-10,14H2,(H2,29,30,31,35). The molecule has 9 nitrogen and oxygen atoms in total. The predicted octanol–water partition coefficient (Wildman–Crippen LogP) is 5.23. The summed E-state index contributed by atoms with van der Waals surface area (Å²) in [4.78, 5) is 49.6. The maximum atomic E-state index is 13.4. The molecule has 1 saturated heterocycles. The third kappa shape index (κ3) is 5.07.